The number of hydrogen-bond donors (Lipinski definition) is 2. The second-order valence-electron chi connectivity index (χ2n) is 10.1. The molecule has 0 aliphatic carbocycles. The van der Waals surface area contributed by atoms with E-state index in [1.165, 1.54) is 0 Å². The van der Waals surface area contributed by atoms with Crippen molar-refractivity contribution in [2.24, 2.45) is 0 Å². The zero-order valence-electron chi connectivity index (χ0n) is 24.4. The topological polar surface area (TPSA) is 151 Å². The van der Waals surface area contributed by atoms with E-state index in [1.54, 1.807) is 58.3 Å². The van der Waals surface area contributed by atoms with E-state index in [9.17, 15) is 25.9 Å². The maximum Gasteiger partial charge on any atom is 0.374 e. The van der Waals surface area contributed by atoms with Crippen molar-refractivity contribution in [1.29, 1.82) is 0 Å². The van der Waals surface area contributed by atoms with Crippen LogP contribution in [0.1, 0.15) is 19.2 Å². The summed E-state index contributed by atoms with van der Waals surface area (Å²) in [7, 11) is -8.44. The van der Waals surface area contributed by atoms with Crippen LogP contribution in [0.5, 0.6) is 5.75 Å². The lowest BCUT2D eigenvalue weighted by Gasteiger charge is -2.17. The quantitative estimate of drug-likeness (QED) is 0.160. The average Bonchev–Trinajstić information content (AvgIpc) is 3.56. The van der Waals surface area contributed by atoms with Gasteiger partial charge in [-0.05, 0) is 53.8 Å². The summed E-state index contributed by atoms with van der Waals surface area (Å²) >= 11 is 0. The van der Waals surface area contributed by atoms with Crippen molar-refractivity contribution in [2.45, 2.75) is 19.9 Å². The third kappa shape index (κ3) is 8.13. The first-order chi connectivity index (χ1) is 21.5. The third-order valence-electron chi connectivity index (χ3n) is 6.99. The minimum atomic E-state index is -4.24. The molecule has 6 rings (SSSR count). The van der Waals surface area contributed by atoms with Crippen LogP contribution in [0.4, 0.5) is 5.69 Å². The van der Waals surface area contributed by atoms with E-state index in [0.29, 0.717) is 40.7 Å². The predicted molar refractivity (Wildman–Crippen MR) is 172 cm³/mol. The van der Waals surface area contributed by atoms with Crippen molar-refractivity contribution >= 4 is 53.9 Å². The number of pyridine rings is 1. The van der Waals surface area contributed by atoms with Crippen molar-refractivity contribution in [2.75, 3.05) is 23.0 Å². The van der Waals surface area contributed by atoms with Gasteiger partial charge in [0.1, 0.15) is 5.75 Å². The summed E-state index contributed by atoms with van der Waals surface area (Å²) in [6.45, 7) is 1.86. The fourth-order valence-corrected chi connectivity index (χ4v) is 5.71. The molecular weight excluding hydrogens is 618 g/mol. The van der Waals surface area contributed by atoms with Crippen molar-refractivity contribution < 1.29 is 39.7 Å². The molecule has 0 spiro atoms. The summed E-state index contributed by atoms with van der Waals surface area (Å²) in [4.78, 5) is 5.46. The number of ether oxygens (including phenoxy) is 1. The van der Waals surface area contributed by atoms with Crippen LogP contribution in [0.3, 0.4) is 0 Å². The van der Waals surface area contributed by atoms with Gasteiger partial charge in [0, 0.05) is 25.0 Å². The molecule has 0 fully saturated rings. The molecule has 234 valence electrons. The number of hydrogen-bond acceptors (Lipinski definition) is 8. The van der Waals surface area contributed by atoms with Crippen molar-refractivity contribution in [3.05, 3.63) is 115 Å². The number of aromatic nitrogens is 2. The second kappa shape index (κ2) is 13.6. The molecule has 0 atom stereocenters. The number of allylic oxidation sites excluding steroid dienone is 2. The van der Waals surface area contributed by atoms with Gasteiger partial charge in [0.2, 0.25) is 11.5 Å². The molecule has 45 heavy (non-hydrogen) atoms. The van der Waals surface area contributed by atoms with Gasteiger partial charge in [0.15, 0.2) is 12.3 Å². The molecule has 2 aromatic heterocycles. The highest BCUT2D eigenvalue weighted by atomic mass is 32.2. The molecule has 13 heteroatoms. The predicted octanol–water partition coefficient (Wildman–Crippen LogP) is 5.26. The molecule has 0 saturated heterocycles. The molecule has 1 aliphatic heterocycles. The zero-order valence-corrected chi connectivity index (χ0v) is 26.0. The molecule has 0 amide bonds. The molecule has 0 unspecified atom stereocenters. The Hall–Kier alpha value is -4.56. The maximum atomic E-state index is 11.6. The molecule has 11 nitrogen and oxygen atoms in total. The second-order valence-corrected chi connectivity index (χ2v) is 13.2. The lowest BCUT2D eigenvalue weighted by Crippen LogP contribution is -2.38. The van der Waals surface area contributed by atoms with Gasteiger partial charge in [-0.25, -0.2) is 0 Å². The summed E-state index contributed by atoms with van der Waals surface area (Å²) in [5.74, 6) is 0.311. The fraction of sp³-hybridized carbons (Fsp3) is 0.188. The van der Waals surface area contributed by atoms with E-state index in [0.717, 1.165) is 16.3 Å². The number of nitrogens with zero attached hydrogens (tertiary/aromatic N) is 3. The summed E-state index contributed by atoms with van der Waals surface area (Å²) in [6.07, 6.45) is 7.55. The highest BCUT2D eigenvalue weighted by molar-refractivity contribution is 7.86. The van der Waals surface area contributed by atoms with E-state index in [-0.39, 0.29) is 13.1 Å². The van der Waals surface area contributed by atoms with Gasteiger partial charge in [-0.1, -0.05) is 49.4 Å². The molecule has 3 aromatic carbocycles. The largest absolute Gasteiger partial charge is 0.439 e. The van der Waals surface area contributed by atoms with E-state index in [2.05, 4.69) is 4.98 Å². The summed E-state index contributed by atoms with van der Waals surface area (Å²) in [5.41, 5.74) is 2.67. The Kier molecular flexibility index (Phi) is 9.63. The number of anilines is 1. The van der Waals surface area contributed by atoms with E-state index in [1.807, 2.05) is 61.5 Å². The molecule has 1 aliphatic rings. The Labute approximate surface area is 261 Å². The van der Waals surface area contributed by atoms with Crippen LogP contribution < -0.4 is 14.2 Å². The number of aryl methyl sites for hydroxylation is 1. The van der Waals surface area contributed by atoms with Crippen LogP contribution in [0.25, 0.3) is 27.9 Å². The Bertz CT molecular complexity index is 2060. The van der Waals surface area contributed by atoms with Gasteiger partial charge < -0.3 is 14.1 Å². The standard InChI is InChI=1S/C27H26N2O8S2.C5H5N/c1-2-19(17-25-28(13-15-38(30,31)32)22-9-5-6-10-23(22)36-25)18-26-29(14-16-39(33,34)35)27-21-8-4-3-7-20(21)11-12-24(27)37-26;1-2-4-6-5-3-1/h3-12,17-18H,2,13-16H2,1H3,(H-,30,31,32,33,34,35);1-5H/p+1. The molecule has 5 aromatic rings. The maximum absolute atomic E-state index is 11.6. The normalized spacial score (nSPS) is 14.3. The molecule has 0 radical (unpaired) electrons. The molecule has 2 N–H and O–H groups in total. The number of para-hydroxylation sites is 2. The monoisotopic (exact) mass is 650 g/mol. The van der Waals surface area contributed by atoms with Crippen LogP contribution in [0, 0.1) is 0 Å². The van der Waals surface area contributed by atoms with Gasteiger partial charge in [0.25, 0.3) is 25.8 Å². The lowest BCUT2D eigenvalue weighted by molar-refractivity contribution is -0.672. The van der Waals surface area contributed by atoms with Crippen LogP contribution in [-0.4, -0.2) is 49.0 Å². The lowest BCUT2D eigenvalue weighted by atomic mass is 10.1. The average molecular weight is 651 g/mol. The summed E-state index contributed by atoms with van der Waals surface area (Å²) in [6, 6.07) is 24.3. The first-order valence-corrected chi connectivity index (χ1v) is 17.3. The van der Waals surface area contributed by atoms with E-state index >= 15 is 0 Å². The first-order valence-electron chi connectivity index (χ1n) is 14.1. The number of oxazole rings is 1. The third-order valence-corrected chi connectivity index (χ3v) is 8.39. The number of fused-ring (bicyclic) bond motifs is 4. The minimum Gasteiger partial charge on any atom is -0.439 e. The number of benzene rings is 3. The Morgan fingerprint density at radius 3 is 2.27 bits per heavy atom. The number of rotatable bonds is 9. The zero-order chi connectivity index (χ0) is 32.0. The van der Waals surface area contributed by atoms with E-state index < -0.39 is 31.7 Å². The van der Waals surface area contributed by atoms with Crippen LogP contribution in [-0.2, 0) is 26.8 Å². The molecule has 0 bridgehead atoms. The van der Waals surface area contributed by atoms with Gasteiger partial charge in [0.05, 0.1) is 22.9 Å². The fourth-order valence-electron chi connectivity index (χ4n) is 4.88. The van der Waals surface area contributed by atoms with Crippen LogP contribution >= 0.6 is 0 Å². The van der Waals surface area contributed by atoms with E-state index in [4.69, 9.17) is 9.15 Å². The molecule has 0 saturated carbocycles. The Morgan fingerprint density at radius 1 is 0.889 bits per heavy atom. The van der Waals surface area contributed by atoms with Gasteiger partial charge in [-0.15, -0.1) is 0 Å². The summed E-state index contributed by atoms with van der Waals surface area (Å²) < 4.78 is 78.8. The SMILES string of the molecule is CCC(=Cc1oc2ccc3ccccc3c2[n+]1CCS(=O)(=O)O)C=C1Oc2ccccc2N1CCS(=O)(=O)O.c1ccncc1. The van der Waals surface area contributed by atoms with Crippen molar-refractivity contribution in [3.8, 4) is 5.75 Å². The van der Waals surface area contributed by atoms with Gasteiger partial charge in [-0.3, -0.25) is 14.1 Å². The highest BCUT2D eigenvalue weighted by Crippen LogP contribution is 2.39. The van der Waals surface area contributed by atoms with Gasteiger partial charge >= 0.3 is 5.89 Å². The first kappa shape index (κ1) is 31.9. The minimum absolute atomic E-state index is 0.0241. The Balaban J connectivity index is 0.000000598. The van der Waals surface area contributed by atoms with Crippen LogP contribution in [0.2, 0.25) is 0 Å². The van der Waals surface area contributed by atoms with Crippen molar-refractivity contribution in [3.63, 3.8) is 0 Å². The van der Waals surface area contributed by atoms with Gasteiger partial charge in [-0.2, -0.15) is 21.4 Å². The summed E-state index contributed by atoms with van der Waals surface area (Å²) in [5, 5.41) is 1.82. The smallest absolute Gasteiger partial charge is 0.374 e. The highest BCUT2D eigenvalue weighted by Gasteiger charge is 2.29. The van der Waals surface area contributed by atoms with Crippen molar-refractivity contribution in [1.82, 2.24) is 4.98 Å². The Morgan fingerprint density at radius 2 is 1.60 bits per heavy atom. The molecule has 3 heterocycles. The molecular formula is C32H32N3O8S2+. The van der Waals surface area contributed by atoms with Crippen LogP contribution in [0.15, 0.2) is 113 Å².